The molecule has 0 aliphatic carbocycles. The van der Waals surface area contributed by atoms with E-state index in [0.717, 1.165) is 35.7 Å². The van der Waals surface area contributed by atoms with Crippen LogP contribution in [0.25, 0.3) is 0 Å². The van der Waals surface area contributed by atoms with Crippen molar-refractivity contribution in [1.29, 1.82) is 0 Å². The van der Waals surface area contributed by atoms with E-state index in [1.54, 1.807) is 12.3 Å². The summed E-state index contributed by atoms with van der Waals surface area (Å²) >= 11 is 0. The SMILES string of the molecule is CCN(CC)c1ccc(Nc2ccnc(C(=O)Nc3ccccc3)c2)c(C)c1. The number of aryl methyl sites for hydroxylation is 1. The zero-order valence-corrected chi connectivity index (χ0v) is 16.6. The molecule has 0 aliphatic rings. The van der Waals surface area contributed by atoms with Crippen LogP contribution < -0.4 is 15.5 Å². The molecule has 1 amide bonds. The molecule has 0 fully saturated rings. The number of anilines is 4. The molecule has 3 rings (SSSR count). The zero-order valence-electron chi connectivity index (χ0n) is 16.6. The lowest BCUT2D eigenvalue weighted by molar-refractivity contribution is 0.102. The van der Waals surface area contributed by atoms with Crippen molar-refractivity contribution in [3.05, 3.63) is 78.1 Å². The van der Waals surface area contributed by atoms with E-state index in [1.165, 1.54) is 5.69 Å². The second-order valence-corrected chi connectivity index (χ2v) is 6.55. The molecule has 144 valence electrons. The number of rotatable bonds is 7. The van der Waals surface area contributed by atoms with E-state index in [9.17, 15) is 4.79 Å². The van der Waals surface area contributed by atoms with Gasteiger partial charge in [0.15, 0.2) is 0 Å². The monoisotopic (exact) mass is 374 g/mol. The Kier molecular flexibility index (Phi) is 6.27. The molecule has 5 heteroatoms. The fraction of sp³-hybridized carbons (Fsp3) is 0.217. The van der Waals surface area contributed by atoms with Crippen molar-refractivity contribution in [1.82, 2.24) is 4.98 Å². The van der Waals surface area contributed by atoms with Crippen LogP contribution in [0.3, 0.4) is 0 Å². The first kappa shape index (κ1) is 19.4. The van der Waals surface area contributed by atoms with E-state index in [1.807, 2.05) is 36.4 Å². The maximum absolute atomic E-state index is 12.5. The van der Waals surface area contributed by atoms with E-state index < -0.39 is 0 Å². The summed E-state index contributed by atoms with van der Waals surface area (Å²) in [6.45, 7) is 8.35. The number of carbonyl (C=O) groups excluding carboxylic acids is 1. The van der Waals surface area contributed by atoms with Crippen molar-refractivity contribution in [3.63, 3.8) is 0 Å². The fourth-order valence-corrected chi connectivity index (χ4v) is 3.08. The number of pyridine rings is 1. The molecule has 0 bridgehead atoms. The van der Waals surface area contributed by atoms with E-state index in [2.05, 4.69) is 59.5 Å². The van der Waals surface area contributed by atoms with Gasteiger partial charge < -0.3 is 15.5 Å². The van der Waals surface area contributed by atoms with Gasteiger partial charge in [-0.3, -0.25) is 9.78 Å². The van der Waals surface area contributed by atoms with E-state index in [4.69, 9.17) is 0 Å². The predicted octanol–water partition coefficient (Wildman–Crippen LogP) is 5.23. The maximum Gasteiger partial charge on any atom is 0.274 e. The molecule has 0 atom stereocenters. The molecule has 28 heavy (non-hydrogen) atoms. The zero-order chi connectivity index (χ0) is 19.9. The normalized spacial score (nSPS) is 10.4. The van der Waals surface area contributed by atoms with E-state index in [-0.39, 0.29) is 5.91 Å². The summed E-state index contributed by atoms with van der Waals surface area (Å²) in [5.41, 5.74) is 5.31. The Morgan fingerprint density at radius 3 is 2.39 bits per heavy atom. The van der Waals surface area contributed by atoms with Crippen molar-refractivity contribution in [2.24, 2.45) is 0 Å². The minimum atomic E-state index is -0.233. The lowest BCUT2D eigenvalue weighted by atomic mass is 10.1. The van der Waals surface area contributed by atoms with Crippen LogP contribution in [0.2, 0.25) is 0 Å². The summed E-state index contributed by atoms with van der Waals surface area (Å²) in [5.74, 6) is -0.233. The van der Waals surface area contributed by atoms with Crippen LogP contribution in [0.15, 0.2) is 66.9 Å². The molecule has 0 saturated carbocycles. The Hall–Kier alpha value is -3.34. The molecule has 5 nitrogen and oxygen atoms in total. The number of nitrogens with zero attached hydrogens (tertiary/aromatic N) is 2. The van der Waals surface area contributed by atoms with Crippen LogP contribution in [-0.2, 0) is 0 Å². The number of nitrogens with one attached hydrogen (secondary N) is 2. The van der Waals surface area contributed by atoms with Gasteiger partial charge in [-0.15, -0.1) is 0 Å². The summed E-state index contributed by atoms with van der Waals surface area (Å²) in [7, 11) is 0. The van der Waals surface area contributed by atoms with E-state index >= 15 is 0 Å². The molecule has 1 heterocycles. The molecule has 2 aromatic carbocycles. The van der Waals surface area contributed by atoms with Gasteiger partial charge >= 0.3 is 0 Å². The third kappa shape index (κ3) is 4.68. The van der Waals surface area contributed by atoms with Crippen molar-refractivity contribution < 1.29 is 4.79 Å². The largest absolute Gasteiger partial charge is 0.372 e. The third-order valence-electron chi connectivity index (χ3n) is 4.64. The van der Waals surface area contributed by atoms with Crippen molar-refractivity contribution in [2.75, 3.05) is 28.6 Å². The second-order valence-electron chi connectivity index (χ2n) is 6.55. The molecular weight excluding hydrogens is 348 g/mol. The maximum atomic E-state index is 12.5. The van der Waals surface area contributed by atoms with Crippen LogP contribution in [0, 0.1) is 6.92 Å². The summed E-state index contributed by atoms with van der Waals surface area (Å²) in [4.78, 5) is 19.0. The van der Waals surface area contributed by atoms with Crippen molar-refractivity contribution in [2.45, 2.75) is 20.8 Å². The van der Waals surface area contributed by atoms with Gasteiger partial charge in [-0.05, 0) is 68.8 Å². The first-order chi connectivity index (χ1) is 13.6. The number of aromatic nitrogens is 1. The Labute approximate surface area is 166 Å². The molecule has 0 unspecified atom stereocenters. The average Bonchev–Trinajstić information content (AvgIpc) is 2.72. The molecule has 0 spiro atoms. The van der Waals surface area contributed by atoms with E-state index in [0.29, 0.717) is 5.69 Å². The highest BCUT2D eigenvalue weighted by Crippen LogP contribution is 2.25. The van der Waals surface area contributed by atoms with Gasteiger partial charge in [-0.2, -0.15) is 0 Å². The molecule has 3 aromatic rings. The molecule has 0 saturated heterocycles. The van der Waals surface area contributed by atoms with Crippen LogP contribution in [0.5, 0.6) is 0 Å². The topological polar surface area (TPSA) is 57.3 Å². The van der Waals surface area contributed by atoms with Crippen molar-refractivity contribution in [3.8, 4) is 0 Å². The molecule has 0 radical (unpaired) electrons. The number of hydrogen-bond acceptors (Lipinski definition) is 4. The van der Waals surface area contributed by atoms with Gasteiger partial charge in [0, 0.05) is 42.0 Å². The number of amides is 1. The van der Waals surface area contributed by atoms with Gasteiger partial charge in [0.25, 0.3) is 5.91 Å². The van der Waals surface area contributed by atoms with Gasteiger partial charge in [-0.25, -0.2) is 0 Å². The molecular formula is C23H26N4O. The standard InChI is InChI=1S/C23H26N4O/c1-4-27(5-2)20-11-12-21(17(3)15-20)25-19-13-14-24-22(16-19)23(28)26-18-9-7-6-8-10-18/h6-16H,4-5H2,1-3H3,(H,24,25)(H,26,28). The minimum Gasteiger partial charge on any atom is -0.372 e. The van der Waals surface area contributed by atoms with Gasteiger partial charge in [0.05, 0.1) is 0 Å². The summed E-state index contributed by atoms with van der Waals surface area (Å²) in [6, 6.07) is 19.4. The first-order valence-corrected chi connectivity index (χ1v) is 9.55. The third-order valence-corrected chi connectivity index (χ3v) is 4.64. The van der Waals surface area contributed by atoms with Crippen LogP contribution in [0.1, 0.15) is 29.9 Å². The molecule has 0 aliphatic heterocycles. The minimum absolute atomic E-state index is 0.233. The second kappa shape index (κ2) is 9.04. The lowest BCUT2D eigenvalue weighted by Gasteiger charge is -2.22. The predicted molar refractivity (Wildman–Crippen MR) is 117 cm³/mol. The summed E-state index contributed by atoms with van der Waals surface area (Å²) in [5, 5.41) is 6.25. The van der Waals surface area contributed by atoms with Gasteiger partial charge in [0.2, 0.25) is 0 Å². The quantitative estimate of drug-likeness (QED) is 0.594. The molecule has 1 aromatic heterocycles. The smallest absolute Gasteiger partial charge is 0.274 e. The van der Waals surface area contributed by atoms with Crippen LogP contribution >= 0.6 is 0 Å². The number of benzene rings is 2. The fourth-order valence-electron chi connectivity index (χ4n) is 3.08. The first-order valence-electron chi connectivity index (χ1n) is 9.55. The Bertz CT molecular complexity index is 936. The highest BCUT2D eigenvalue weighted by Gasteiger charge is 2.10. The number of para-hydroxylation sites is 1. The van der Waals surface area contributed by atoms with Crippen molar-refractivity contribution >= 4 is 28.7 Å². The van der Waals surface area contributed by atoms with Crippen LogP contribution in [0.4, 0.5) is 22.7 Å². The number of hydrogen-bond donors (Lipinski definition) is 2. The summed E-state index contributed by atoms with van der Waals surface area (Å²) in [6.07, 6.45) is 1.64. The van der Waals surface area contributed by atoms with Crippen LogP contribution in [-0.4, -0.2) is 24.0 Å². The highest BCUT2D eigenvalue weighted by molar-refractivity contribution is 6.03. The number of carbonyl (C=O) groups is 1. The molecule has 2 N–H and O–H groups in total. The van der Waals surface area contributed by atoms with Gasteiger partial charge in [-0.1, -0.05) is 18.2 Å². The Morgan fingerprint density at radius 1 is 0.964 bits per heavy atom. The average molecular weight is 374 g/mol. The highest BCUT2D eigenvalue weighted by atomic mass is 16.1. The Balaban J connectivity index is 1.75. The Morgan fingerprint density at radius 2 is 1.71 bits per heavy atom. The summed E-state index contributed by atoms with van der Waals surface area (Å²) < 4.78 is 0. The van der Waals surface area contributed by atoms with Gasteiger partial charge in [0.1, 0.15) is 5.69 Å². The lowest BCUT2D eigenvalue weighted by Crippen LogP contribution is -2.21.